The fourth-order valence-electron chi connectivity index (χ4n) is 0.693. The Morgan fingerprint density at radius 3 is 2.17 bits per heavy atom. The first-order valence-electron chi connectivity index (χ1n) is 3.25. The molecule has 1 aliphatic rings. The molecule has 1 heterocycles. The van der Waals surface area contributed by atoms with Crippen molar-refractivity contribution in [1.82, 2.24) is 0 Å². The van der Waals surface area contributed by atoms with Gasteiger partial charge in [-0.25, -0.2) is 13.6 Å². The summed E-state index contributed by atoms with van der Waals surface area (Å²) in [6.07, 6.45) is 0. The third-order valence-electron chi connectivity index (χ3n) is 1.51. The lowest BCUT2D eigenvalue weighted by Crippen LogP contribution is -2.52. The van der Waals surface area contributed by atoms with Gasteiger partial charge in [0.1, 0.15) is 13.2 Å². The highest BCUT2D eigenvalue weighted by Gasteiger charge is 2.47. The highest BCUT2D eigenvalue weighted by Crippen LogP contribution is 2.27. The molecule has 0 aromatic heterocycles. The van der Waals surface area contributed by atoms with Crippen LogP contribution in [0.2, 0.25) is 0 Å². The Kier molecular flexibility index (Phi) is 2.05. The third kappa shape index (κ3) is 1.70. The van der Waals surface area contributed by atoms with E-state index in [1.807, 2.05) is 0 Å². The van der Waals surface area contributed by atoms with Crippen molar-refractivity contribution >= 4 is 5.97 Å². The van der Waals surface area contributed by atoms with Crippen molar-refractivity contribution < 1.29 is 28.2 Å². The summed E-state index contributed by atoms with van der Waals surface area (Å²) in [5, 5.41) is 8.47. The van der Waals surface area contributed by atoms with E-state index >= 15 is 0 Å². The molecule has 0 spiro atoms. The standard InChI is InChI=1S/C6H8F2O4/c1-5(4(9)10)11-2-6(7,8)3-12-5/h2-3H2,1H3,(H,9,10). The van der Waals surface area contributed by atoms with Gasteiger partial charge in [-0.15, -0.1) is 0 Å². The maximum Gasteiger partial charge on any atom is 0.364 e. The van der Waals surface area contributed by atoms with Crippen molar-refractivity contribution in [3.8, 4) is 0 Å². The molecule has 6 heteroatoms. The first kappa shape index (κ1) is 9.34. The van der Waals surface area contributed by atoms with Crippen molar-refractivity contribution in [3.63, 3.8) is 0 Å². The second-order valence-corrected chi connectivity index (χ2v) is 2.68. The molecule has 0 aliphatic carbocycles. The van der Waals surface area contributed by atoms with Gasteiger partial charge in [-0.2, -0.15) is 0 Å². The van der Waals surface area contributed by atoms with Gasteiger partial charge in [0.2, 0.25) is 0 Å². The number of carboxylic acids is 1. The maximum atomic E-state index is 12.4. The average Bonchev–Trinajstić information content (AvgIpc) is 1.96. The summed E-state index contributed by atoms with van der Waals surface area (Å²) in [5.74, 6) is -6.42. The molecule has 1 aliphatic heterocycles. The fourth-order valence-corrected chi connectivity index (χ4v) is 0.693. The van der Waals surface area contributed by atoms with Gasteiger partial charge in [0.15, 0.2) is 0 Å². The summed E-state index contributed by atoms with van der Waals surface area (Å²) in [5.41, 5.74) is 0. The van der Waals surface area contributed by atoms with E-state index in [-0.39, 0.29) is 0 Å². The largest absolute Gasteiger partial charge is 0.477 e. The molecule has 0 atom stereocenters. The van der Waals surface area contributed by atoms with Crippen LogP contribution in [0.5, 0.6) is 0 Å². The van der Waals surface area contributed by atoms with E-state index in [1.165, 1.54) is 0 Å². The fraction of sp³-hybridized carbons (Fsp3) is 0.833. The SMILES string of the molecule is CC1(C(=O)O)OCC(F)(F)CO1. The number of hydrogen-bond acceptors (Lipinski definition) is 3. The van der Waals surface area contributed by atoms with Gasteiger partial charge in [-0.05, 0) is 0 Å². The van der Waals surface area contributed by atoms with Gasteiger partial charge in [0.05, 0.1) is 0 Å². The van der Waals surface area contributed by atoms with Gasteiger partial charge in [-0.3, -0.25) is 0 Å². The minimum absolute atomic E-state index is 0.921. The van der Waals surface area contributed by atoms with Crippen molar-refractivity contribution in [3.05, 3.63) is 0 Å². The second-order valence-electron chi connectivity index (χ2n) is 2.68. The molecule has 0 amide bonds. The van der Waals surface area contributed by atoms with Gasteiger partial charge in [0, 0.05) is 6.92 Å². The Morgan fingerprint density at radius 1 is 1.42 bits per heavy atom. The summed E-state index contributed by atoms with van der Waals surface area (Å²) < 4.78 is 33.5. The maximum absolute atomic E-state index is 12.4. The molecule has 4 nitrogen and oxygen atoms in total. The molecule has 0 bridgehead atoms. The van der Waals surface area contributed by atoms with Crippen molar-refractivity contribution in [1.29, 1.82) is 0 Å². The lowest BCUT2D eigenvalue weighted by atomic mass is 10.2. The van der Waals surface area contributed by atoms with E-state index < -0.39 is 30.9 Å². The van der Waals surface area contributed by atoms with E-state index in [0.29, 0.717) is 0 Å². The molecule has 0 aromatic carbocycles. The number of halogens is 2. The highest BCUT2D eigenvalue weighted by atomic mass is 19.3. The molecular formula is C6H8F2O4. The predicted molar refractivity (Wildman–Crippen MR) is 32.9 cm³/mol. The molecule has 1 rings (SSSR count). The van der Waals surface area contributed by atoms with Gasteiger partial charge >= 0.3 is 5.97 Å². The molecule has 1 saturated heterocycles. The molecule has 0 aromatic rings. The lowest BCUT2D eigenvalue weighted by molar-refractivity contribution is -0.312. The zero-order chi connectivity index (χ0) is 9.41. The van der Waals surface area contributed by atoms with E-state index in [4.69, 9.17) is 5.11 Å². The molecule has 0 saturated carbocycles. The molecule has 1 N–H and O–H groups in total. The Labute approximate surface area is 67.1 Å². The first-order chi connectivity index (χ1) is 5.36. The Hall–Kier alpha value is -0.750. The van der Waals surface area contributed by atoms with E-state index in [9.17, 15) is 13.6 Å². The molecule has 0 unspecified atom stereocenters. The molecule has 70 valence electrons. The van der Waals surface area contributed by atoms with Gasteiger partial charge in [0.25, 0.3) is 11.7 Å². The van der Waals surface area contributed by atoms with Crippen LogP contribution < -0.4 is 0 Å². The third-order valence-corrected chi connectivity index (χ3v) is 1.51. The van der Waals surface area contributed by atoms with Crippen LogP contribution in [-0.2, 0) is 14.3 Å². The Bertz CT molecular complexity index is 194. The highest BCUT2D eigenvalue weighted by molar-refractivity contribution is 5.75. The minimum atomic E-state index is -3.09. The van der Waals surface area contributed by atoms with Crippen LogP contribution in [0.1, 0.15) is 6.92 Å². The van der Waals surface area contributed by atoms with Crippen LogP contribution in [0.3, 0.4) is 0 Å². The molecule has 1 fully saturated rings. The summed E-state index contributed by atoms with van der Waals surface area (Å²) in [7, 11) is 0. The van der Waals surface area contributed by atoms with Gasteiger partial charge < -0.3 is 14.6 Å². The summed E-state index contributed by atoms with van der Waals surface area (Å²) in [4.78, 5) is 10.4. The summed E-state index contributed by atoms with van der Waals surface area (Å²) in [6, 6.07) is 0. The first-order valence-corrected chi connectivity index (χ1v) is 3.25. The number of alkyl halides is 2. The zero-order valence-electron chi connectivity index (χ0n) is 6.34. The van der Waals surface area contributed by atoms with Crippen LogP contribution in [0, 0.1) is 0 Å². The predicted octanol–water partition coefficient (Wildman–Crippen LogP) is 0.469. The van der Waals surface area contributed by atoms with Crippen LogP contribution >= 0.6 is 0 Å². The van der Waals surface area contributed by atoms with E-state index in [1.54, 1.807) is 0 Å². The van der Waals surface area contributed by atoms with Crippen LogP contribution in [0.4, 0.5) is 8.78 Å². The molecule has 12 heavy (non-hydrogen) atoms. The number of aliphatic carboxylic acids is 1. The average molecular weight is 182 g/mol. The van der Waals surface area contributed by atoms with E-state index in [0.717, 1.165) is 6.92 Å². The Balaban J connectivity index is 2.62. The topological polar surface area (TPSA) is 55.8 Å². The van der Waals surface area contributed by atoms with Crippen LogP contribution in [0.15, 0.2) is 0 Å². The number of hydrogen-bond donors (Lipinski definition) is 1. The smallest absolute Gasteiger partial charge is 0.364 e. The number of carboxylic acid groups (broad SMARTS) is 1. The number of ether oxygens (including phenoxy) is 2. The van der Waals surface area contributed by atoms with E-state index in [2.05, 4.69) is 9.47 Å². The lowest BCUT2D eigenvalue weighted by Gasteiger charge is -2.33. The van der Waals surface area contributed by atoms with Crippen LogP contribution in [-0.4, -0.2) is 36.0 Å². The second kappa shape index (κ2) is 2.63. The monoisotopic (exact) mass is 182 g/mol. The normalized spacial score (nSPS) is 26.6. The van der Waals surface area contributed by atoms with Crippen molar-refractivity contribution in [2.45, 2.75) is 18.6 Å². The Morgan fingerprint density at radius 2 is 1.83 bits per heavy atom. The minimum Gasteiger partial charge on any atom is -0.477 e. The number of carbonyl (C=O) groups is 1. The van der Waals surface area contributed by atoms with Crippen molar-refractivity contribution in [2.24, 2.45) is 0 Å². The van der Waals surface area contributed by atoms with Crippen molar-refractivity contribution in [2.75, 3.05) is 13.2 Å². The summed E-state index contributed by atoms with van der Waals surface area (Å²) >= 11 is 0. The molecule has 0 radical (unpaired) electrons. The zero-order valence-corrected chi connectivity index (χ0v) is 6.34. The van der Waals surface area contributed by atoms with Gasteiger partial charge in [-0.1, -0.05) is 0 Å². The number of rotatable bonds is 1. The van der Waals surface area contributed by atoms with Crippen LogP contribution in [0.25, 0.3) is 0 Å². The quantitative estimate of drug-likeness (QED) is 0.640. The molecular weight excluding hydrogens is 174 g/mol. The summed E-state index contributed by atoms with van der Waals surface area (Å²) in [6.45, 7) is -0.754.